The molecule has 0 radical (unpaired) electrons. The van der Waals surface area contributed by atoms with Gasteiger partial charge in [0.05, 0.1) is 0 Å². The molecule has 31 heavy (non-hydrogen) atoms. The van der Waals surface area contributed by atoms with E-state index in [2.05, 4.69) is 115 Å². The van der Waals surface area contributed by atoms with Crippen molar-refractivity contribution in [2.24, 2.45) is 11.3 Å². The number of hydrogen-bond acceptors (Lipinski definition) is 0. The zero-order valence-corrected chi connectivity index (χ0v) is 21.3. The Morgan fingerprint density at radius 1 is 0.839 bits per heavy atom. The van der Waals surface area contributed by atoms with E-state index in [0.717, 1.165) is 12.3 Å². The summed E-state index contributed by atoms with van der Waals surface area (Å²) in [5.41, 5.74) is 6.18. The van der Waals surface area contributed by atoms with Crippen LogP contribution in [-0.4, -0.2) is 4.98 Å². The molecule has 0 unspecified atom stereocenters. The molecule has 2 aromatic carbocycles. The first-order valence-electron chi connectivity index (χ1n) is 12.1. The van der Waals surface area contributed by atoms with Crippen LogP contribution in [0.1, 0.15) is 90.8 Å². The number of aromatic amines is 1. The zero-order valence-electron chi connectivity index (χ0n) is 21.3. The number of para-hydroxylation sites is 1. The van der Waals surface area contributed by atoms with Crippen molar-refractivity contribution in [2.75, 3.05) is 0 Å². The van der Waals surface area contributed by atoms with Gasteiger partial charge >= 0.3 is 0 Å². The van der Waals surface area contributed by atoms with E-state index in [1.54, 1.807) is 0 Å². The van der Waals surface area contributed by atoms with Crippen LogP contribution in [-0.2, 0) is 11.8 Å². The van der Waals surface area contributed by atoms with Crippen LogP contribution in [0.2, 0.25) is 0 Å². The average Bonchev–Trinajstić information content (AvgIpc) is 3.39. The number of benzene rings is 2. The van der Waals surface area contributed by atoms with Gasteiger partial charge in [0.1, 0.15) is 0 Å². The summed E-state index contributed by atoms with van der Waals surface area (Å²) in [4.78, 5) is 3.29. The van der Waals surface area contributed by atoms with Gasteiger partial charge in [-0.3, -0.25) is 0 Å². The molecule has 1 heteroatoms. The lowest BCUT2D eigenvalue weighted by atomic mass is 9.80. The molecule has 0 spiro atoms. The fraction of sp³-hybridized carbons (Fsp3) is 0.533. The van der Waals surface area contributed by atoms with Crippen molar-refractivity contribution in [3.05, 3.63) is 71.4 Å². The van der Waals surface area contributed by atoms with Crippen LogP contribution in [0.4, 0.5) is 0 Å². The van der Waals surface area contributed by atoms with Gasteiger partial charge in [0, 0.05) is 17.1 Å². The highest BCUT2D eigenvalue weighted by atomic mass is 14.7. The Balaban J connectivity index is 0.000000170. The van der Waals surface area contributed by atoms with E-state index >= 15 is 0 Å². The van der Waals surface area contributed by atoms with Crippen LogP contribution in [0.5, 0.6) is 0 Å². The summed E-state index contributed by atoms with van der Waals surface area (Å²) in [6, 6.07) is 17.1. The molecule has 1 aromatic heterocycles. The molecule has 0 atom stereocenters. The van der Waals surface area contributed by atoms with Crippen LogP contribution in [0, 0.1) is 18.3 Å². The van der Waals surface area contributed by atoms with Crippen molar-refractivity contribution in [1.82, 2.24) is 4.98 Å². The quantitative estimate of drug-likeness (QED) is 0.404. The van der Waals surface area contributed by atoms with Gasteiger partial charge in [-0.05, 0) is 60.1 Å². The number of hydrogen-bond donors (Lipinski definition) is 1. The van der Waals surface area contributed by atoms with Gasteiger partial charge in [-0.15, -0.1) is 0 Å². The Morgan fingerprint density at radius 2 is 1.42 bits per heavy atom. The minimum atomic E-state index is 0.222. The average molecular weight is 420 g/mol. The number of fused-ring (bicyclic) bond motifs is 1. The van der Waals surface area contributed by atoms with Crippen LogP contribution >= 0.6 is 0 Å². The third-order valence-corrected chi connectivity index (χ3v) is 6.51. The van der Waals surface area contributed by atoms with E-state index in [1.165, 1.54) is 53.3 Å². The first kappa shape index (κ1) is 25.2. The lowest BCUT2D eigenvalue weighted by Crippen LogP contribution is -2.16. The maximum atomic E-state index is 3.29. The topological polar surface area (TPSA) is 15.8 Å². The van der Waals surface area contributed by atoms with Crippen molar-refractivity contribution >= 4 is 10.9 Å². The van der Waals surface area contributed by atoms with Crippen molar-refractivity contribution in [2.45, 2.75) is 92.9 Å². The Kier molecular flexibility index (Phi) is 8.98. The predicted molar refractivity (Wildman–Crippen MR) is 139 cm³/mol. The molecule has 170 valence electrons. The molecule has 0 saturated heterocycles. The van der Waals surface area contributed by atoms with E-state index in [0.29, 0.717) is 5.41 Å². The highest BCUT2D eigenvalue weighted by molar-refractivity contribution is 5.84. The molecule has 4 rings (SSSR count). The minimum Gasteiger partial charge on any atom is -0.361 e. The standard InChI is InChI=1S/C12H15N.C9H18.C9H12/c1-12(2,3)10-8-13-11-7-5-4-6-9(10)11;1-9(2,3)8-6-4-5-7-8;1-3-9-6-4-8(2)5-7-9/h4-8,13H,1-3H3;8H,4-7H2,1-3H3;4-7H,3H2,1-2H3. The summed E-state index contributed by atoms with van der Waals surface area (Å²) in [6.45, 7) is 18.1. The van der Waals surface area contributed by atoms with Crippen molar-refractivity contribution < 1.29 is 0 Å². The molecule has 1 aliphatic carbocycles. The molecular formula is C30H45N. The van der Waals surface area contributed by atoms with Gasteiger partial charge in [-0.2, -0.15) is 0 Å². The molecule has 1 aliphatic rings. The van der Waals surface area contributed by atoms with Crippen LogP contribution < -0.4 is 0 Å². The smallest absolute Gasteiger partial charge is 0.0456 e. The number of aryl methyl sites for hydroxylation is 2. The lowest BCUT2D eigenvalue weighted by Gasteiger charge is -2.26. The second-order valence-electron chi connectivity index (χ2n) is 11.2. The summed E-state index contributed by atoms with van der Waals surface area (Å²) >= 11 is 0. The summed E-state index contributed by atoms with van der Waals surface area (Å²) < 4.78 is 0. The molecule has 1 nitrogen and oxygen atoms in total. The molecule has 1 N–H and O–H groups in total. The second-order valence-corrected chi connectivity index (χ2v) is 11.2. The first-order valence-corrected chi connectivity index (χ1v) is 12.1. The van der Waals surface area contributed by atoms with Gasteiger partial charge in [-0.25, -0.2) is 0 Å². The van der Waals surface area contributed by atoms with Crippen molar-refractivity contribution in [3.8, 4) is 0 Å². The third-order valence-electron chi connectivity index (χ3n) is 6.51. The fourth-order valence-corrected chi connectivity index (χ4v) is 4.31. The highest BCUT2D eigenvalue weighted by Crippen LogP contribution is 2.38. The molecule has 0 amide bonds. The molecule has 1 fully saturated rings. The number of H-pyrrole nitrogens is 1. The summed E-state index contributed by atoms with van der Waals surface area (Å²) in [7, 11) is 0. The Bertz CT molecular complexity index is 894. The molecule has 0 bridgehead atoms. The third kappa shape index (κ3) is 7.87. The number of nitrogens with one attached hydrogen (secondary N) is 1. The molecule has 1 heterocycles. The number of rotatable bonds is 1. The summed E-state index contributed by atoms with van der Waals surface area (Å²) in [6.07, 6.45) is 9.15. The Morgan fingerprint density at radius 3 is 1.90 bits per heavy atom. The Hall–Kier alpha value is -2.02. The first-order chi connectivity index (χ1) is 14.5. The van der Waals surface area contributed by atoms with Gasteiger partial charge in [0.25, 0.3) is 0 Å². The van der Waals surface area contributed by atoms with E-state index in [-0.39, 0.29) is 5.41 Å². The molecule has 1 saturated carbocycles. The lowest BCUT2D eigenvalue weighted by molar-refractivity contribution is 0.246. The highest BCUT2D eigenvalue weighted by Gasteiger charge is 2.26. The van der Waals surface area contributed by atoms with Gasteiger partial charge in [0.2, 0.25) is 0 Å². The monoisotopic (exact) mass is 419 g/mol. The Labute approximate surface area is 191 Å². The summed E-state index contributed by atoms with van der Waals surface area (Å²) in [5.74, 6) is 1.01. The van der Waals surface area contributed by atoms with Crippen molar-refractivity contribution in [3.63, 3.8) is 0 Å². The molecule has 0 aliphatic heterocycles. The fourth-order valence-electron chi connectivity index (χ4n) is 4.31. The zero-order chi connectivity index (χ0) is 23.1. The van der Waals surface area contributed by atoms with E-state index in [4.69, 9.17) is 0 Å². The largest absolute Gasteiger partial charge is 0.361 e. The predicted octanol–water partition coefficient (Wildman–Crippen LogP) is 9.25. The van der Waals surface area contributed by atoms with E-state index < -0.39 is 0 Å². The minimum absolute atomic E-state index is 0.222. The number of aromatic nitrogens is 1. The van der Waals surface area contributed by atoms with Gasteiger partial charge < -0.3 is 4.98 Å². The van der Waals surface area contributed by atoms with Gasteiger partial charge in [0.15, 0.2) is 0 Å². The maximum absolute atomic E-state index is 3.29. The molecular weight excluding hydrogens is 374 g/mol. The normalized spacial score (nSPS) is 14.6. The van der Waals surface area contributed by atoms with Crippen molar-refractivity contribution in [1.29, 1.82) is 0 Å². The maximum Gasteiger partial charge on any atom is 0.0456 e. The molecule has 3 aromatic rings. The van der Waals surface area contributed by atoms with Crippen LogP contribution in [0.3, 0.4) is 0 Å². The summed E-state index contributed by atoms with van der Waals surface area (Å²) in [5, 5.41) is 1.34. The SMILES string of the molecule is CC(C)(C)C1CCCC1.CC(C)(C)c1c[nH]c2ccccc12.CCc1ccc(C)cc1. The van der Waals surface area contributed by atoms with Crippen LogP contribution in [0.25, 0.3) is 10.9 Å². The van der Waals surface area contributed by atoms with Gasteiger partial charge in [-0.1, -0.05) is 109 Å². The van der Waals surface area contributed by atoms with Crippen LogP contribution in [0.15, 0.2) is 54.7 Å². The van der Waals surface area contributed by atoms with E-state index in [9.17, 15) is 0 Å². The van der Waals surface area contributed by atoms with E-state index in [1.807, 2.05) is 0 Å². The second kappa shape index (κ2) is 11.0.